The molecule has 2 atom stereocenters. The number of benzene rings is 2. The number of hydrazone groups is 1. The van der Waals surface area contributed by atoms with E-state index in [0.29, 0.717) is 0 Å². The van der Waals surface area contributed by atoms with Gasteiger partial charge in [0.15, 0.2) is 0 Å². The molecule has 0 radical (unpaired) electrons. The molecule has 0 spiro atoms. The highest BCUT2D eigenvalue weighted by Crippen LogP contribution is 2.44. The normalized spacial score (nSPS) is 21.7. The Labute approximate surface area is 172 Å². The Morgan fingerprint density at radius 3 is 2.50 bits per heavy atom. The summed E-state index contributed by atoms with van der Waals surface area (Å²) in [4.78, 5) is 15.4. The summed E-state index contributed by atoms with van der Waals surface area (Å²) in [5.74, 6) is -1.12. The van der Waals surface area contributed by atoms with Gasteiger partial charge in [-0.15, -0.1) is 0 Å². The molecule has 0 N–H and O–H groups in total. The number of carbonyl (C=O) groups excluding carboxylic acids is 1. The van der Waals surface area contributed by atoms with Crippen molar-refractivity contribution in [3.05, 3.63) is 87.3 Å². The maximum atomic E-state index is 13.5. The topological polar surface area (TPSA) is 81.4 Å². The van der Waals surface area contributed by atoms with E-state index in [4.69, 9.17) is 5.53 Å². The number of hydrogen-bond donors (Lipinski definition) is 0. The third-order valence-corrected chi connectivity index (χ3v) is 5.45. The molecule has 2 aliphatic rings. The maximum Gasteiger partial charge on any atom is 0.249 e. The van der Waals surface area contributed by atoms with Crippen molar-refractivity contribution in [3.63, 3.8) is 0 Å². The average Bonchev–Trinajstić information content (AvgIpc) is 3.15. The molecule has 4 rings (SSSR count). The number of nitrogens with zero attached hydrogens (tertiary/aromatic N) is 5. The van der Waals surface area contributed by atoms with Gasteiger partial charge in [-0.1, -0.05) is 29.4 Å². The van der Waals surface area contributed by atoms with E-state index in [1.165, 1.54) is 29.3 Å². The van der Waals surface area contributed by atoms with E-state index >= 15 is 0 Å². The lowest BCUT2D eigenvalue weighted by Gasteiger charge is -2.29. The number of hydrogen-bond acceptors (Lipinski definition) is 3. The van der Waals surface area contributed by atoms with Crippen LogP contribution < -0.4 is 0 Å². The summed E-state index contributed by atoms with van der Waals surface area (Å²) < 4.78 is 26.7. The highest BCUT2D eigenvalue weighted by Gasteiger charge is 2.43. The molecular weight excluding hydrogens is 388 g/mol. The minimum absolute atomic E-state index is 0.0501. The van der Waals surface area contributed by atoms with Crippen LogP contribution in [-0.2, 0) is 4.79 Å². The number of fused-ring (bicyclic) bond motifs is 1. The second-order valence-electron chi connectivity index (χ2n) is 7.33. The van der Waals surface area contributed by atoms with E-state index in [0.717, 1.165) is 41.7 Å². The Morgan fingerprint density at radius 1 is 1.17 bits per heavy atom. The Balaban J connectivity index is 1.73. The summed E-state index contributed by atoms with van der Waals surface area (Å²) in [5, 5.41) is 9.37. The van der Waals surface area contributed by atoms with E-state index in [2.05, 4.69) is 15.1 Å². The smallest absolute Gasteiger partial charge is 0.249 e. The molecule has 1 heterocycles. The van der Waals surface area contributed by atoms with Crippen molar-refractivity contribution in [2.24, 2.45) is 16.1 Å². The molecule has 0 unspecified atom stereocenters. The Kier molecular flexibility index (Phi) is 5.59. The summed E-state index contributed by atoms with van der Waals surface area (Å²) in [7, 11) is 0. The second kappa shape index (κ2) is 8.47. The SMILES string of the molecule is [N-]=[N+]=NCC(=O)N1N=C2/C(=C\c3ccc(F)cc3)CCC[C@H]2[C@H]1c1ccc(F)cc1. The first-order valence-electron chi connectivity index (χ1n) is 9.70. The van der Waals surface area contributed by atoms with Gasteiger partial charge in [0.05, 0.1) is 11.8 Å². The van der Waals surface area contributed by atoms with Crippen LogP contribution in [0.15, 0.2) is 64.3 Å². The van der Waals surface area contributed by atoms with Crippen LogP contribution in [0.3, 0.4) is 0 Å². The van der Waals surface area contributed by atoms with Crippen molar-refractivity contribution >= 4 is 17.7 Å². The summed E-state index contributed by atoms with van der Waals surface area (Å²) >= 11 is 0. The van der Waals surface area contributed by atoms with Gasteiger partial charge in [0, 0.05) is 10.8 Å². The molecule has 1 amide bonds. The van der Waals surface area contributed by atoms with E-state index in [1.807, 2.05) is 6.08 Å². The fourth-order valence-electron chi connectivity index (χ4n) is 4.13. The molecule has 1 aliphatic carbocycles. The zero-order valence-electron chi connectivity index (χ0n) is 16.1. The van der Waals surface area contributed by atoms with E-state index in [1.54, 1.807) is 24.3 Å². The number of allylic oxidation sites excluding steroid dienone is 1. The molecule has 6 nitrogen and oxygen atoms in total. The number of carbonyl (C=O) groups is 1. The second-order valence-corrected chi connectivity index (χ2v) is 7.33. The number of halogens is 2. The minimum Gasteiger partial charge on any atom is -0.273 e. The molecular formula is C22H19F2N5O. The molecule has 8 heteroatoms. The quantitative estimate of drug-likeness (QED) is 0.380. The first kappa shape index (κ1) is 19.8. The van der Waals surface area contributed by atoms with Gasteiger partial charge in [0.1, 0.15) is 18.2 Å². The Hall–Kier alpha value is -3.51. The number of amides is 1. The molecule has 0 aromatic heterocycles. The van der Waals surface area contributed by atoms with Gasteiger partial charge in [-0.05, 0) is 71.8 Å². The van der Waals surface area contributed by atoms with Crippen LogP contribution in [0.2, 0.25) is 0 Å². The van der Waals surface area contributed by atoms with Gasteiger partial charge >= 0.3 is 0 Å². The van der Waals surface area contributed by atoms with E-state index in [-0.39, 0.29) is 30.1 Å². The Morgan fingerprint density at radius 2 is 1.83 bits per heavy atom. The molecule has 0 bridgehead atoms. The van der Waals surface area contributed by atoms with Crippen molar-refractivity contribution in [3.8, 4) is 0 Å². The maximum absolute atomic E-state index is 13.5. The summed E-state index contributed by atoms with van der Waals surface area (Å²) in [6, 6.07) is 11.9. The van der Waals surface area contributed by atoms with Gasteiger partial charge in [-0.2, -0.15) is 5.10 Å². The predicted molar refractivity (Wildman–Crippen MR) is 109 cm³/mol. The van der Waals surface area contributed by atoms with Crippen LogP contribution in [0.5, 0.6) is 0 Å². The molecule has 1 fully saturated rings. The minimum atomic E-state index is -0.412. The molecule has 0 saturated heterocycles. The Bertz CT molecular complexity index is 1060. The lowest BCUT2D eigenvalue weighted by molar-refractivity contribution is -0.132. The van der Waals surface area contributed by atoms with E-state index < -0.39 is 5.91 Å². The zero-order chi connectivity index (χ0) is 21.1. The standard InChI is InChI=1S/C22H19F2N5O/c23-17-8-4-14(5-9-17)12-16-2-1-3-19-21(16)27-29(20(30)13-26-28-25)22(19)15-6-10-18(24)11-7-15/h4-12,19,22H,1-3,13H2/b16-12-/t19-,22-/m1/s1. The van der Waals surface area contributed by atoms with Gasteiger partial charge in [0.25, 0.3) is 0 Å². The lowest BCUT2D eigenvalue weighted by atomic mass is 9.77. The van der Waals surface area contributed by atoms with Crippen LogP contribution in [0.4, 0.5) is 8.78 Å². The molecule has 152 valence electrons. The predicted octanol–water partition coefficient (Wildman–Crippen LogP) is 5.40. The summed E-state index contributed by atoms with van der Waals surface area (Å²) in [6.07, 6.45) is 4.49. The first-order chi connectivity index (χ1) is 14.6. The molecule has 1 saturated carbocycles. The van der Waals surface area contributed by atoms with Gasteiger partial charge in [0.2, 0.25) is 5.91 Å². The van der Waals surface area contributed by atoms with Crippen LogP contribution in [0.1, 0.15) is 36.4 Å². The first-order valence-corrected chi connectivity index (χ1v) is 9.70. The van der Waals surface area contributed by atoms with Crippen molar-refractivity contribution in [2.75, 3.05) is 6.54 Å². The average molecular weight is 407 g/mol. The number of azide groups is 1. The van der Waals surface area contributed by atoms with Gasteiger partial charge in [-0.3, -0.25) is 4.79 Å². The van der Waals surface area contributed by atoms with Crippen LogP contribution >= 0.6 is 0 Å². The van der Waals surface area contributed by atoms with Crippen LogP contribution in [0.25, 0.3) is 16.5 Å². The number of rotatable bonds is 4. The van der Waals surface area contributed by atoms with Gasteiger partial charge in [-0.25, -0.2) is 13.8 Å². The zero-order valence-corrected chi connectivity index (χ0v) is 16.1. The van der Waals surface area contributed by atoms with Crippen molar-refractivity contribution in [1.82, 2.24) is 5.01 Å². The fourth-order valence-corrected chi connectivity index (χ4v) is 4.13. The third-order valence-electron chi connectivity index (χ3n) is 5.45. The molecule has 2 aromatic rings. The summed E-state index contributed by atoms with van der Waals surface area (Å²) in [5.41, 5.74) is 12.0. The van der Waals surface area contributed by atoms with Crippen molar-refractivity contribution < 1.29 is 13.6 Å². The molecule has 1 aliphatic heterocycles. The van der Waals surface area contributed by atoms with Crippen LogP contribution in [0, 0.1) is 17.6 Å². The lowest BCUT2D eigenvalue weighted by Crippen LogP contribution is -2.33. The third kappa shape index (κ3) is 3.95. The largest absolute Gasteiger partial charge is 0.273 e. The monoisotopic (exact) mass is 407 g/mol. The fraction of sp³-hybridized carbons (Fsp3) is 0.273. The molecule has 30 heavy (non-hydrogen) atoms. The van der Waals surface area contributed by atoms with Gasteiger partial charge < -0.3 is 0 Å². The summed E-state index contributed by atoms with van der Waals surface area (Å²) in [6.45, 7) is -0.339. The van der Waals surface area contributed by atoms with E-state index in [9.17, 15) is 13.6 Å². The van der Waals surface area contributed by atoms with Crippen molar-refractivity contribution in [2.45, 2.75) is 25.3 Å². The highest BCUT2D eigenvalue weighted by molar-refractivity contribution is 6.08. The van der Waals surface area contributed by atoms with Crippen LogP contribution in [-0.4, -0.2) is 23.2 Å². The molecule has 2 aromatic carbocycles. The van der Waals surface area contributed by atoms with Crippen molar-refractivity contribution in [1.29, 1.82) is 0 Å². The highest BCUT2D eigenvalue weighted by atomic mass is 19.1.